The fourth-order valence-electron chi connectivity index (χ4n) is 2.59. The molecule has 2 fully saturated rings. The highest BCUT2D eigenvalue weighted by Gasteiger charge is 2.26. The molecule has 5 nitrogen and oxygen atoms in total. The molecule has 3 rings (SSSR count). The lowest BCUT2D eigenvalue weighted by atomic mass is 10.3. The molecule has 104 valence electrons. The lowest BCUT2D eigenvalue weighted by Gasteiger charge is -2.35. The first-order valence-electron chi connectivity index (χ1n) is 7.39. The Morgan fingerprint density at radius 3 is 2.74 bits per heavy atom. The van der Waals surface area contributed by atoms with E-state index in [0.29, 0.717) is 0 Å². The third kappa shape index (κ3) is 3.35. The lowest BCUT2D eigenvalue weighted by molar-refractivity contribution is 0.247. The van der Waals surface area contributed by atoms with Crippen LogP contribution in [0.3, 0.4) is 0 Å². The molecule has 1 aliphatic heterocycles. The van der Waals surface area contributed by atoms with E-state index in [2.05, 4.69) is 32.0 Å². The van der Waals surface area contributed by atoms with Gasteiger partial charge in [0.25, 0.3) is 0 Å². The molecule has 1 saturated carbocycles. The predicted octanol–water partition coefficient (Wildman–Crippen LogP) is 1.44. The Balaban J connectivity index is 1.56. The van der Waals surface area contributed by atoms with Gasteiger partial charge in [-0.25, -0.2) is 4.98 Å². The van der Waals surface area contributed by atoms with Crippen LogP contribution in [-0.4, -0.2) is 54.1 Å². The van der Waals surface area contributed by atoms with Crippen LogP contribution in [0.5, 0.6) is 0 Å². The number of piperazine rings is 1. The SMILES string of the molecule is CCNc1nccc(N2CCN(CC3CC3)CC2)n1. The summed E-state index contributed by atoms with van der Waals surface area (Å²) in [5.74, 6) is 2.78. The molecule has 19 heavy (non-hydrogen) atoms. The average Bonchev–Trinajstić information content (AvgIpc) is 3.24. The molecular formula is C14H23N5. The normalized spacial score (nSPS) is 20.6. The molecule has 0 spiro atoms. The van der Waals surface area contributed by atoms with Crippen LogP contribution in [0.15, 0.2) is 12.3 Å². The topological polar surface area (TPSA) is 44.3 Å². The van der Waals surface area contributed by atoms with Crippen LogP contribution < -0.4 is 10.2 Å². The van der Waals surface area contributed by atoms with E-state index >= 15 is 0 Å². The van der Waals surface area contributed by atoms with Gasteiger partial charge in [-0.05, 0) is 31.7 Å². The van der Waals surface area contributed by atoms with E-state index in [1.165, 1.54) is 19.4 Å². The van der Waals surface area contributed by atoms with Gasteiger partial charge < -0.3 is 10.2 Å². The molecule has 2 aliphatic rings. The Morgan fingerprint density at radius 2 is 2.05 bits per heavy atom. The zero-order valence-electron chi connectivity index (χ0n) is 11.7. The van der Waals surface area contributed by atoms with Gasteiger partial charge >= 0.3 is 0 Å². The number of nitrogens with one attached hydrogen (secondary N) is 1. The van der Waals surface area contributed by atoms with Gasteiger partial charge in [0.15, 0.2) is 0 Å². The van der Waals surface area contributed by atoms with Gasteiger partial charge in [0.05, 0.1) is 0 Å². The summed E-state index contributed by atoms with van der Waals surface area (Å²) < 4.78 is 0. The van der Waals surface area contributed by atoms with Crippen molar-refractivity contribution in [2.24, 2.45) is 5.92 Å². The Kier molecular flexibility index (Phi) is 3.82. The standard InChI is InChI=1S/C14H23N5/c1-2-15-14-16-6-5-13(17-14)19-9-7-18(8-10-19)11-12-3-4-12/h5-6,12H,2-4,7-11H2,1H3,(H,15,16,17). The second-order valence-corrected chi connectivity index (χ2v) is 5.50. The van der Waals surface area contributed by atoms with Crippen LogP contribution in [0.2, 0.25) is 0 Å². The molecule has 0 atom stereocenters. The lowest BCUT2D eigenvalue weighted by Crippen LogP contribution is -2.47. The van der Waals surface area contributed by atoms with E-state index in [9.17, 15) is 0 Å². The van der Waals surface area contributed by atoms with E-state index in [-0.39, 0.29) is 0 Å². The minimum atomic E-state index is 0.736. The fourth-order valence-corrected chi connectivity index (χ4v) is 2.59. The van der Waals surface area contributed by atoms with Crippen LogP contribution in [0, 0.1) is 5.92 Å². The van der Waals surface area contributed by atoms with Gasteiger partial charge in [0.2, 0.25) is 5.95 Å². The second kappa shape index (κ2) is 5.74. The third-order valence-corrected chi connectivity index (χ3v) is 3.89. The van der Waals surface area contributed by atoms with Gasteiger partial charge in [-0.15, -0.1) is 0 Å². The molecule has 1 aliphatic carbocycles. The first kappa shape index (κ1) is 12.7. The largest absolute Gasteiger partial charge is 0.354 e. The minimum absolute atomic E-state index is 0.736. The number of rotatable bonds is 5. The van der Waals surface area contributed by atoms with Crippen molar-refractivity contribution in [1.29, 1.82) is 0 Å². The molecule has 1 aromatic rings. The molecule has 0 aromatic carbocycles. The van der Waals surface area contributed by atoms with E-state index in [4.69, 9.17) is 0 Å². The molecule has 1 aromatic heterocycles. The number of nitrogens with zero attached hydrogens (tertiary/aromatic N) is 4. The molecule has 2 heterocycles. The van der Waals surface area contributed by atoms with Crippen LogP contribution in [-0.2, 0) is 0 Å². The molecule has 1 N–H and O–H groups in total. The Bertz CT molecular complexity index is 410. The van der Waals surface area contributed by atoms with Gasteiger partial charge in [0, 0.05) is 45.5 Å². The highest BCUT2D eigenvalue weighted by molar-refractivity contribution is 5.42. The minimum Gasteiger partial charge on any atom is -0.354 e. The van der Waals surface area contributed by atoms with Gasteiger partial charge in [-0.1, -0.05) is 0 Å². The first-order valence-corrected chi connectivity index (χ1v) is 7.39. The molecular weight excluding hydrogens is 238 g/mol. The number of aromatic nitrogens is 2. The highest BCUT2D eigenvalue weighted by atomic mass is 15.3. The smallest absolute Gasteiger partial charge is 0.224 e. The maximum Gasteiger partial charge on any atom is 0.224 e. The van der Waals surface area contributed by atoms with Gasteiger partial charge in [-0.2, -0.15) is 4.98 Å². The molecule has 1 saturated heterocycles. The Hall–Kier alpha value is -1.36. The number of anilines is 2. The van der Waals surface area contributed by atoms with Crippen molar-refractivity contribution >= 4 is 11.8 Å². The summed E-state index contributed by atoms with van der Waals surface area (Å²) in [7, 11) is 0. The summed E-state index contributed by atoms with van der Waals surface area (Å²) in [4.78, 5) is 13.8. The van der Waals surface area contributed by atoms with Crippen molar-refractivity contribution in [3.05, 3.63) is 12.3 Å². The Labute approximate surface area is 115 Å². The quantitative estimate of drug-likeness (QED) is 0.869. The zero-order chi connectivity index (χ0) is 13.1. The Morgan fingerprint density at radius 1 is 1.26 bits per heavy atom. The monoisotopic (exact) mass is 261 g/mol. The summed E-state index contributed by atoms with van der Waals surface area (Å²) >= 11 is 0. The van der Waals surface area contributed by atoms with E-state index in [0.717, 1.165) is 50.4 Å². The molecule has 0 radical (unpaired) electrons. The van der Waals surface area contributed by atoms with Crippen molar-refractivity contribution < 1.29 is 0 Å². The van der Waals surface area contributed by atoms with Crippen LogP contribution in [0.1, 0.15) is 19.8 Å². The zero-order valence-corrected chi connectivity index (χ0v) is 11.7. The van der Waals surface area contributed by atoms with Crippen LogP contribution in [0.25, 0.3) is 0 Å². The van der Waals surface area contributed by atoms with Crippen molar-refractivity contribution in [2.45, 2.75) is 19.8 Å². The summed E-state index contributed by atoms with van der Waals surface area (Å²) in [6.07, 6.45) is 4.73. The van der Waals surface area contributed by atoms with Gasteiger partial charge in [0.1, 0.15) is 5.82 Å². The number of hydrogen-bond donors (Lipinski definition) is 1. The fraction of sp³-hybridized carbons (Fsp3) is 0.714. The van der Waals surface area contributed by atoms with E-state index in [1.807, 2.05) is 12.3 Å². The number of hydrogen-bond acceptors (Lipinski definition) is 5. The summed E-state index contributed by atoms with van der Waals surface area (Å²) in [6.45, 7) is 8.71. The molecule has 0 amide bonds. The summed E-state index contributed by atoms with van der Waals surface area (Å²) in [5.41, 5.74) is 0. The van der Waals surface area contributed by atoms with E-state index < -0.39 is 0 Å². The second-order valence-electron chi connectivity index (χ2n) is 5.50. The van der Waals surface area contributed by atoms with E-state index in [1.54, 1.807) is 0 Å². The van der Waals surface area contributed by atoms with Crippen molar-refractivity contribution in [1.82, 2.24) is 14.9 Å². The predicted molar refractivity (Wildman–Crippen MR) is 77.6 cm³/mol. The summed E-state index contributed by atoms with van der Waals surface area (Å²) in [6, 6.07) is 2.01. The average molecular weight is 261 g/mol. The van der Waals surface area contributed by atoms with Crippen LogP contribution in [0.4, 0.5) is 11.8 Å². The third-order valence-electron chi connectivity index (χ3n) is 3.89. The van der Waals surface area contributed by atoms with Crippen molar-refractivity contribution in [2.75, 3.05) is 49.5 Å². The molecule has 0 bridgehead atoms. The van der Waals surface area contributed by atoms with Gasteiger partial charge in [-0.3, -0.25) is 4.90 Å². The summed E-state index contributed by atoms with van der Waals surface area (Å²) in [5, 5.41) is 3.17. The maximum absolute atomic E-state index is 4.57. The molecule has 5 heteroatoms. The first-order chi connectivity index (χ1) is 9.35. The van der Waals surface area contributed by atoms with Crippen molar-refractivity contribution in [3.63, 3.8) is 0 Å². The molecule has 0 unspecified atom stereocenters. The maximum atomic E-state index is 4.57. The van der Waals surface area contributed by atoms with Crippen molar-refractivity contribution in [3.8, 4) is 0 Å². The highest BCUT2D eigenvalue weighted by Crippen LogP contribution is 2.30. The van der Waals surface area contributed by atoms with Crippen LogP contribution >= 0.6 is 0 Å².